The van der Waals surface area contributed by atoms with Gasteiger partial charge >= 0.3 is 0 Å². The second-order valence-electron chi connectivity index (χ2n) is 6.57. The van der Waals surface area contributed by atoms with Crippen LogP contribution in [-0.2, 0) is 6.42 Å². The first kappa shape index (κ1) is 16.9. The number of thioether (sulfide) groups is 1. The van der Waals surface area contributed by atoms with Gasteiger partial charge in [0.2, 0.25) is 0 Å². The Morgan fingerprint density at radius 2 is 2.05 bits per heavy atom. The van der Waals surface area contributed by atoms with E-state index in [-0.39, 0.29) is 0 Å². The summed E-state index contributed by atoms with van der Waals surface area (Å²) < 4.78 is 0. The highest BCUT2D eigenvalue weighted by molar-refractivity contribution is 7.98. The third-order valence-corrected chi connectivity index (χ3v) is 4.86. The molecule has 1 N–H and O–H groups in total. The fourth-order valence-corrected chi connectivity index (χ4v) is 3.64. The quantitative estimate of drug-likeness (QED) is 0.832. The minimum Gasteiger partial charge on any atom is -0.311 e. The fraction of sp³-hybridized carbons (Fsp3) is 0.667. The summed E-state index contributed by atoms with van der Waals surface area (Å²) in [6.45, 7) is 8.23. The zero-order chi connectivity index (χ0) is 15.1. The maximum Gasteiger partial charge on any atom is 0.0236 e. The molecule has 21 heavy (non-hydrogen) atoms. The maximum absolute atomic E-state index is 3.78. The van der Waals surface area contributed by atoms with Crippen LogP contribution in [-0.4, -0.2) is 48.6 Å². The van der Waals surface area contributed by atoms with Crippen LogP contribution >= 0.6 is 11.8 Å². The molecule has 0 saturated carbocycles. The normalized spacial score (nSPS) is 23.6. The molecule has 2 nitrogen and oxygen atoms in total. The molecule has 2 unspecified atom stereocenters. The van der Waals surface area contributed by atoms with Gasteiger partial charge in [0, 0.05) is 37.5 Å². The van der Waals surface area contributed by atoms with Gasteiger partial charge in [0.25, 0.3) is 0 Å². The van der Waals surface area contributed by atoms with E-state index >= 15 is 0 Å². The van der Waals surface area contributed by atoms with E-state index in [0.717, 1.165) is 18.9 Å². The Balaban J connectivity index is 1.92. The Kier molecular flexibility index (Phi) is 7.08. The largest absolute Gasteiger partial charge is 0.311 e. The first-order valence-electron chi connectivity index (χ1n) is 8.19. The number of nitrogens with zero attached hydrogens (tertiary/aromatic N) is 1. The van der Waals surface area contributed by atoms with Crippen molar-refractivity contribution < 1.29 is 0 Å². The smallest absolute Gasteiger partial charge is 0.0236 e. The summed E-state index contributed by atoms with van der Waals surface area (Å²) in [5.74, 6) is 2.02. The SMILES string of the molecule is CSCCN1CC(Cc2ccccc2)NCC1CC(C)C. The Hall–Kier alpha value is -0.510. The highest BCUT2D eigenvalue weighted by Crippen LogP contribution is 2.17. The number of benzene rings is 1. The van der Waals surface area contributed by atoms with Gasteiger partial charge in [-0.3, -0.25) is 4.90 Å². The molecule has 1 heterocycles. The molecule has 0 radical (unpaired) electrons. The van der Waals surface area contributed by atoms with Crippen LogP contribution in [0, 0.1) is 5.92 Å². The molecule has 1 aliphatic rings. The van der Waals surface area contributed by atoms with E-state index in [1.165, 1.54) is 30.8 Å². The van der Waals surface area contributed by atoms with Gasteiger partial charge in [-0.05, 0) is 30.6 Å². The number of nitrogens with one attached hydrogen (secondary N) is 1. The topological polar surface area (TPSA) is 15.3 Å². The number of rotatable bonds is 7. The summed E-state index contributed by atoms with van der Waals surface area (Å²) in [5, 5.41) is 3.78. The zero-order valence-electron chi connectivity index (χ0n) is 13.7. The third kappa shape index (κ3) is 5.65. The van der Waals surface area contributed by atoms with E-state index in [1.807, 2.05) is 11.8 Å². The van der Waals surface area contributed by atoms with Crippen molar-refractivity contribution in [3.8, 4) is 0 Å². The molecule has 2 atom stereocenters. The Bertz CT molecular complexity index is 393. The van der Waals surface area contributed by atoms with Crippen LogP contribution in [0.1, 0.15) is 25.8 Å². The second kappa shape index (κ2) is 8.82. The molecule has 118 valence electrons. The average Bonchev–Trinajstić information content (AvgIpc) is 2.48. The lowest BCUT2D eigenvalue weighted by Crippen LogP contribution is -2.57. The van der Waals surface area contributed by atoms with E-state index in [4.69, 9.17) is 0 Å². The summed E-state index contributed by atoms with van der Waals surface area (Å²) in [6, 6.07) is 12.2. The Labute approximate surface area is 134 Å². The van der Waals surface area contributed by atoms with E-state index in [1.54, 1.807) is 0 Å². The summed E-state index contributed by atoms with van der Waals surface area (Å²) in [6.07, 6.45) is 4.66. The molecule has 2 rings (SSSR count). The fourth-order valence-electron chi connectivity index (χ4n) is 3.22. The highest BCUT2D eigenvalue weighted by atomic mass is 32.2. The van der Waals surface area contributed by atoms with Gasteiger partial charge in [0.15, 0.2) is 0 Å². The van der Waals surface area contributed by atoms with Crippen LogP contribution in [0.2, 0.25) is 0 Å². The molecule has 1 aliphatic heterocycles. The average molecular weight is 307 g/mol. The van der Waals surface area contributed by atoms with E-state index in [2.05, 4.69) is 60.7 Å². The summed E-state index contributed by atoms with van der Waals surface area (Å²) in [5.41, 5.74) is 1.45. The number of hydrogen-bond donors (Lipinski definition) is 1. The van der Waals surface area contributed by atoms with Crippen LogP contribution in [0.3, 0.4) is 0 Å². The first-order chi connectivity index (χ1) is 10.2. The van der Waals surface area contributed by atoms with E-state index in [9.17, 15) is 0 Å². The lowest BCUT2D eigenvalue weighted by Gasteiger charge is -2.41. The van der Waals surface area contributed by atoms with Crippen LogP contribution in [0.25, 0.3) is 0 Å². The summed E-state index contributed by atoms with van der Waals surface area (Å²) in [7, 11) is 0. The molecule has 1 aromatic carbocycles. The van der Waals surface area contributed by atoms with Crippen molar-refractivity contribution >= 4 is 11.8 Å². The second-order valence-corrected chi connectivity index (χ2v) is 7.55. The van der Waals surface area contributed by atoms with Crippen molar-refractivity contribution in [3.05, 3.63) is 35.9 Å². The van der Waals surface area contributed by atoms with Crippen LogP contribution in [0.15, 0.2) is 30.3 Å². The monoisotopic (exact) mass is 306 g/mol. The molecule has 1 saturated heterocycles. The highest BCUT2D eigenvalue weighted by Gasteiger charge is 2.27. The lowest BCUT2D eigenvalue weighted by molar-refractivity contribution is 0.121. The summed E-state index contributed by atoms with van der Waals surface area (Å²) >= 11 is 1.96. The van der Waals surface area contributed by atoms with Gasteiger partial charge in [-0.15, -0.1) is 0 Å². The van der Waals surface area contributed by atoms with Crippen molar-refractivity contribution in [3.63, 3.8) is 0 Å². The van der Waals surface area contributed by atoms with Crippen LogP contribution in [0.4, 0.5) is 0 Å². The number of hydrogen-bond acceptors (Lipinski definition) is 3. The van der Waals surface area contributed by atoms with Gasteiger partial charge < -0.3 is 5.32 Å². The molecule has 0 bridgehead atoms. The minimum atomic E-state index is 0.595. The predicted molar refractivity (Wildman–Crippen MR) is 95.1 cm³/mol. The minimum absolute atomic E-state index is 0.595. The van der Waals surface area contributed by atoms with Gasteiger partial charge in [-0.1, -0.05) is 44.2 Å². The van der Waals surface area contributed by atoms with Crippen molar-refractivity contribution in [1.29, 1.82) is 0 Å². The lowest BCUT2D eigenvalue weighted by atomic mass is 9.96. The van der Waals surface area contributed by atoms with Crippen molar-refractivity contribution in [2.75, 3.05) is 31.6 Å². The maximum atomic E-state index is 3.78. The molecule has 3 heteroatoms. The zero-order valence-corrected chi connectivity index (χ0v) is 14.5. The predicted octanol–water partition coefficient (Wildman–Crippen LogP) is 3.28. The third-order valence-electron chi connectivity index (χ3n) is 4.26. The molecule has 0 amide bonds. The summed E-state index contributed by atoms with van der Waals surface area (Å²) in [4.78, 5) is 2.72. The van der Waals surface area contributed by atoms with Gasteiger partial charge in [0.05, 0.1) is 0 Å². The van der Waals surface area contributed by atoms with Gasteiger partial charge in [-0.25, -0.2) is 0 Å². The van der Waals surface area contributed by atoms with Crippen molar-refractivity contribution in [2.45, 2.75) is 38.8 Å². The van der Waals surface area contributed by atoms with Crippen LogP contribution < -0.4 is 5.32 Å². The van der Waals surface area contributed by atoms with Crippen LogP contribution in [0.5, 0.6) is 0 Å². The number of piperazine rings is 1. The van der Waals surface area contributed by atoms with Gasteiger partial charge in [-0.2, -0.15) is 11.8 Å². The Morgan fingerprint density at radius 3 is 2.71 bits per heavy atom. The molecule has 1 aromatic rings. The standard InChI is InChI=1S/C18H30N2S/c1-15(2)11-18-13-19-17(14-20(18)9-10-21-3)12-16-7-5-4-6-8-16/h4-8,15,17-19H,9-14H2,1-3H3. The molecular formula is C18H30N2S. The molecular weight excluding hydrogens is 276 g/mol. The first-order valence-corrected chi connectivity index (χ1v) is 9.58. The van der Waals surface area contributed by atoms with Gasteiger partial charge in [0.1, 0.15) is 0 Å². The van der Waals surface area contributed by atoms with E-state index < -0.39 is 0 Å². The molecule has 0 spiro atoms. The molecule has 0 aromatic heterocycles. The molecule has 1 fully saturated rings. The van der Waals surface area contributed by atoms with E-state index in [0.29, 0.717) is 12.1 Å². The Morgan fingerprint density at radius 1 is 1.29 bits per heavy atom. The van der Waals surface area contributed by atoms with Crippen molar-refractivity contribution in [2.24, 2.45) is 5.92 Å². The van der Waals surface area contributed by atoms with Crippen molar-refractivity contribution in [1.82, 2.24) is 10.2 Å². The molecule has 0 aliphatic carbocycles.